The monoisotopic (exact) mass is 196 g/mol. The van der Waals surface area contributed by atoms with E-state index in [1.54, 1.807) is 13.8 Å². The summed E-state index contributed by atoms with van der Waals surface area (Å²) in [5, 5.41) is 16.7. The van der Waals surface area contributed by atoms with Gasteiger partial charge >= 0.3 is 0 Å². The van der Waals surface area contributed by atoms with Gasteiger partial charge in [0.1, 0.15) is 0 Å². The molecule has 0 fully saturated rings. The minimum atomic E-state index is -0.431. The fourth-order valence-corrected chi connectivity index (χ4v) is 0. The van der Waals surface area contributed by atoms with Crippen molar-refractivity contribution in [3.63, 3.8) is 0 Å². The molecule has 76 valence electrons. The number of aliphatic hydroxyl groups excluding tert-OH is 2. The van der Waals surface area contributed by atoms with Gasteiger partial charge in [0.25, 0.3) is 0 Å². The van der Waals surface area contributed by atoms with Crippen molar-refractivity contribution < 1.29 is 10.2 Å². The van der Waals surface area contributed by atoms with Gasteiger partial charge in [-0.25, -0.2) is 0 Å². The smallest absolute Gasteiger partial charge is 0.0620 e. The lowest BCUT2D eigenvalue weighted by Gasteiger charge is -2.11. The molecule has 0 amide bonds. The van der Waals surface area contributed by atoms with E-state index in [-0.39, 0.29) is 18.6 Å². The quantitative estimate of drug-likeness (QED) is 0.630. The van der Waals surface area contributed by atoms with Gasteiger partial charge in [-0.05, 0) is 19.3 Å². The van der Waals surface area contributed by atoms with Crippen molar-refractivity contribution in [2.24, 2.45) is 5.41 Å². The van der Waals surface area contributed by atoms with Crippen molar-refractivity contribution in [1.29, 1.82) is 0 Å². The number of rotatable bonds is 1. The molecule has 0 spiro atoms. The van der Waals surface area contributed by atoms with Crippen LogP contribution in [-0.4, -0.2) is 28.3 Å². The molecule has 0 heterocycles. The van der Waals surface area contributed by atoms with Crippen LogP contribution in [0.3, 0.4) is 0 Å². The number of aliphatic hydroxyl groups is 2. The van der Waals surface area contributed by atoms with Gasteiger partial charge in [0.2, 0.25) is 0 Å². The predicted octanol–water partition coefficient (Wildman–Crippen LogP) is 2.02. The number of alkyl halides is 1. The van der Waals surface area contributed by atoms with E-state index < -0.39 is 4.87 Å². The molecular formula is C9H21ClO2. The maximum Gasteiger partial charge on any atom is 0.0620 e. The van der Waals surface area contributed by atoms with Crippen LogP contribution in [0.15, 0.2) is 0 Å². The molecule has 0 rings (SSSR count). The lowest BCUT2D eigenvalue weighted by Crippen LogP contribution is -2.14. The van der Waals surface area contributed by atoms with Crippen LogP contribution in [0, 0.1) is 5.41 Å². The highest BCUT2D eigenvalue weighted by molar-refractivity contribution is 6.23. The summed E-state index contributed by atoms with van der Waals surface area (Å²) in [6.45, 7) is 9.80. The zero-order valence-electron chi connectivity index (χ0n) is 8.69. The summed E-state index contributed by atoms with van der Waals surface area (Å²) in [7, 11) is 0. The van der Waals surface area contributed by atoms with E-state index in [9.17, 15) is 0 Å². The Labute approximate surface area is 80.6 Å². The molecule has 0 bridgehead atoms. The van der Waals surface area contributed by atoms with E-state index in [4.69, 9.17) is 21.8 Å². The largest absolute Gasteiger partial charge is 0.396 e. The van der Waals surface area contributed by atoms with Gasteiger partial charge in [0, 0.05) is 6.61 Å². The Kier molecular flexibility index (Phi) is 7.10. The van der Waals surface area contributed by atoms with Crippen LogP contribution in [0.5, 0.6) is 0 Å². The molecular weight excluding hydrogens is 176 g/mol. The molecule has 0 aromatic carbocycles. The Balaban J connectivity index is 0. The maximum absolute atomic E-state index is 8.40. The molecule has 2 N–H and O–H groups in total. The highest BCUT2D eigenvalue weighted by Crippen LogP contribution is 2.09. The lowest BCUT2D eigenvalue weighted by molar-refractivity contribution is 0.177. The lowest BCUT2D eigenvalue weighted by atomic mass is 9.99. The first-order chi connectivity index (χ1) is 5.12. The van der Waals surface area contributed by atoms with E-state index in [1.807, 2.05) is 20.8 Å². The minimum absolute atomic E-state index is 0.0363. The van der Waals surface area contributed by atoms with Gasteiger partial charge in [-0.2, -0.15) is 0 Å². The van der Waals surface area contributed by atoms with Crippen molar-refractivity contribution in [3.05, 3.63) is 0 Å². The first kappa shape index (κ1) is 14.7. The van der Waals surface area contributed by atoms with Gasteiger partial charge in [0.15, 0.2) is 0 Å². The third-order valence-electron chi connectivity index (χ3n) is 0.850. The second kappa shape index (κ2) is 5.79. The predicted molar refractivity (Wildman–Crippen MR) is 53.6 cm³/mol. The molecule has 0 aromatic rings. The average molecular weight is 197 g/mol. The third kappa shape index (κ3) is 22.5. The molecule has 2 nitrogen and oxygen atoms in total. The summed E-state index contributed by atoms with van der Waals surface area (Å²) in [6, 6.07) is 0. The molecule has 0 saturated heterocycles. The van der Waals surface area contributed by atoms with Crippen LogP contribution in [0.25, 0.3) is 0 Å². The Hall–Kier alpha value is 0.210. The molecule has 0 radical (unpaired) electrons. The van der Waals surface area contributed by atoms with E-state index in [2.05, 4.69) is 0 Å². The molecule has 0 atom stereocenters. The maximum atomic E-state index is 8.40. The van der Waals surface area contributed by atoms with Gasteiger partial charge in [0.05, 0.1) is 11.5 Å². The third-order valence-corrected chi connectivity index (χ3v) is 0.970. The molecule has 0 aliphatic rings. The summed E-state index contributed by atoms with van der Waals surface area (Å²) >= 11 is 5.47. The van der Waals surface area contributed by atoms with Crippen molar-refractivity contribution in [1.82, 2.24) is 0 Å². The topological polar surface area (TPSA) is 40.5 Å². The standard InChI is InChI=1S/C5H12O.C4H9ClO/c1-5(2,3)4-6;1-4(2,5)3-6/h6H,4H2,1-3H3;6H,3H2,1-2H3. The average Bonchev–Trinajstić information content (AvgIpc) is 1.86. The van der Waals surface area contributed by atoms with E-state index in [0.717, 1.165) is 0 Å². The molecule has 0 aliphatic heterocycles. The first-order valence-electron chi connectivity index (χ1n) is 4.03. The second-order valence-corrected chi connectivity index (χ2v) is 5.62. The molecule has 0 saturated carbocycles. The molecule has 0 unspecified atom stereocenters. The Morgan fingerprint density at radius 2 is 1.08 bits per heavy atom. The normalized spacial score (nSPS) is 12.0. The van der Waals surface area contributed by atoms with Crippen LogP contribution < -0.4 is 0 Å². The summed E-state index contributed by atoms with van der Waals surface area (Å²) in [5.41, 5.74) is 0.0972. The second-order valence-electron chi connectivity index (χ2n) is 4.60. The summed E-state index contributed by atoms with van der Waals surface area (Å²) in [5.74, 6) is 0. The zero-order valence-corrected chi connectivity index (χ0v) is 9.44. The summed E-state index contributed by atoms with van der Waals surface area (Å²) < 4.78 is 0. The van der Waals surface area contributed by atoms with E-state index in [0.29, 0.717) is 0 Å². The van der Waals surface area contributed by atoms with Crippen molar-refractivity contribution >= 4 is 11.6 Å². The van der Waals surface area contributed by atoms with Crippen molar-refractivity contribution in [3.8, 4) is 0 Å². The molecule has 0 aromatic heterocycles. The number of hydrogen-bond donors (Lipinski definition) is 2. The van der Waals surface area contributed by atoms with Gasteiger partial charge < -0.3 is 10.2 Å². The number of hydrogen-bond acceptors (Lipinski definition) is 2. The van der Waals surface area contributed by atoms with Crippen LogP contribution in [-0.2, 0) is 0 Å². The fourth-order valence-electron chi connectivity index (χ4n) is 0. The molecule has 12 heavy (non-hydrogen) atoms. The van der Waals surface area contributed by atoms with Crippen LogP contribution >= 0.6 is 11.6 Å². The minimum Gasteiger partial charge on any atom is -0.396 e. The highest BCUT2D eigenvalue weighted by atomic mass is 35.5. The summed E-state index contributed by atoms with van der Waals surface area (Å²) in [4.78, 5) is -0.431. The SMILES string of the molecule is CC(C)(C)CO.CC(C)(Cl)CO. The van der Waals surface area contributed by atoms with Crippen LogP contribution in [0.2, 0.25) is 0 Å². The Morgan fingerprint density at radius 1 is 0.917 bits per heavy atom. The van der Waals surface area contributed by atoms with Gasteiger partial charge in [-0.1, -0.05) is 20.8 Å². The van der Waals surface area contributed by atoms with Crippen LogP contribution in [0.1, 0.15) is 34.6 Å². The van der Waals surface area contributed by atoms with Crippen molar-refractivity contribution in [2.75, 3.05) is 13.2 Å². The van der Waals surface area contributed by atoms with Crippen molar-refractivity contribution in [2.45, 2.75) is 39.5 Å². The zero-order chi connectivity index (χ0) is 10.4. The number of halogens is 1. The van der Waals surface area contributed by atoms with E-state index in [1.165, 1.54) is 0 Å². The summed E-state index contributed by atoms with van der Waals surface area (Å²) in [6.07, 6.45) is 0. The Bertz CT molecular complexity index is 86.1. The van der Waals surface area contributed by atoms with Gasteiger partial charge in [-0.3, -0.25) is 0 Å². The van der Waals surface area contributed by atoms with Crippen LogP contribution in [0.4, 0.5) is 0 Å². The highest BCUT2D eigenvalue weighted by Gasteiger charge is 2.08. The van der Waals surface area contributed by atoms with Gasteiger partial charge in [-0.15, -0.1) is 11.6 Å². The fraction of sp³-hybridized carbons (Fsp3) is 1.00. The Morgan fingerprint density at radius 3 is 1.08 bits per heavy atom. The van der Waals surface area contributed by atoms with E-state index >= 15 is 0 Å². The first-order valence-corrected chi connectivity index (χ1v) is 4.41. The molecule has 0 aliphatic carbocycles. The molecule has 3 heteroatoms.